The van der Waals surface area contributed by atoms with E-state index in [1.54, 1.807) is 25.1 Å². The van der Waals surface area contributed by atoms with Crippen LogP contribution in [0, 0.1) is 11.3 Å². The van der Waals surface area contributed by atoms with E-state index in [2.05, 4.69) is 6.07 Å². The maximum atomic E-state index is 9.46. The smallest absolute Gasteiger partial charge is 0.184 e. The molecule has 0 saturated heterocycles. The molecule has 0 aliphatic heterocycles. The Morgan fingerprint density at radius 3 is 2.59 bits per heavy atom. The molecule has 0 aromatic heterocycles. The molecule has 4 heteroatoms. The number of aliphatic hydroxyl groups excluding tert-OH is 1. The Balaban J connectivity index is 2.97. The van der Waals surface area contributed by atoms with Gasteiger partial charge in [0.05, 0.1) is 13.2 Å². The van der Waals surface area contributed by atoms with E-state index in [1.165, 1.54) is 7.11 Å². The van der Waals surface area contributed by atoms with Crippen LogP contribution in [0.15, 0.2) is 18.2 Å². The van der Waals surface area contributed by atoms with Crippen molar-refractivity contribution in [1.29, 1.82) is 5.26 Å². The summed E-state index contributed by atoms with van der Waals surface area (Å²) in [5, 5.41) is 18.3. The average Bonchev–Trinajstić information content (AvgIpc) is 2.35. The first kappa shape index (κ1) is 13.3. The predicted octanol–water partition coefficient (Wildman–Crippen LogP) is 2.43. The first-order valence-electron chi connectivity index (χ1n) is 5.54. The van der Waals surface area contributed by atoms with Crippen molar-refractivity contribution in [3.05, 3.63) is 23.8 Å². The van der Waals surface area contributed by atoms with Gasteiger partial charge in [0, 0.05) is 0 Å². The summed E-state index contributed by atoms with van der Waals surface area (Å²) in [6, 6.07) is 7.24. The van der Waals surface area contributed by atoms with Crippen molar-refractivity contribution in [3.63, 3.8) is 0 Å². The van der Waals surface area contributed by atoms with E-state index in [0.29, 0.717) is 17.9 Å². The second kappa shape index (κ2) is 6.12. The molecule has 0 aliphatic rings. The number of aliphatic hydroxyl groups is 1. The molecule has 0 amide bonds. The van der Waals surface area contributed by atoms with Crippen LogP contribution in [0.4, 0.5) is 0 Å². The van der Waals surface area contributed by atoms with Crippen molar-refractivity contribution in [3.8, 4) is 17.6 Å². The molecule has 1 rings (SSSR count). The summed E-state index contributed by atoms with van der Waals surface area (Å²) in [6.07, 6.45) is -0.435. The van der Waals surface area contributed by atoms with Gasteiger partial charge in [-0.05, 0) is 31.0 Å². The van der Waals surface area contributed by atoms with E-state index < -0.39 is 12.2 Å². The molecule has 1 aromatic carbocycles. The Labute approximate surface area is 101 Å². The monoisotopic (exact) mass is 235 g/mol. The van der Waals surface area contributed by atoms with Gasteiger partial charge in [-0.15, -0.1) is 0 Å². The molecule has 0 spiro atoms. The van der Waals surface area contributed by atoms with Gasteiger partial charge in [0.25, 0.3) is 0 Å². The van der Waals surface area contributed by atoms with Gasteiger partial charge in [-0.1, -0.05) is 13.0 Å². The first-order chi connectivity index (χ1) is 8.12. The summed E-state index contributed by atoms with van der Waals surface area (Å²) in [6.45, 7) is 3.56. The Morgan fingerprint density at radius 2 is 2.12 bits per heavy atom. The van der Waals surface area contributed by atoms with E-state index in [9.17, 15) is 5.11 Å². The summed E-state index contributed by atoms with van der Waals surface area (Å²) in [4.78, 5) is 0. The third-order valence-electron chi connectivity index (χ3n) is 2.45. The second-order valence-electron chi connectivity index (χ2n) is 3.73. The zero-order chi connectivity index (χ0) is 12.8. The molecule has 0 bridgehead atoms. The van der Waals surface area contributed by atoms with E-state index in [-0.39, 0.29) is 0 Å². The van der Waals surface area contributed by atoms with Crippen LogP contribution < -0.4 is 9.47 Å². The van der Waals surface area contributed by atoms with Gasteiger partial charge in [-0.3, -0.25) is 0 Å². The molecule has 1 unspecified atom stereocenters. The Bertz CT molecular complexity index is 410. The Morgan fingerprint density at radius 1 is 1.41 bits per heavy atom. The second-order valence-corrected chi connectivity index (χ2v) is 3.73. The molecule has 0 aliphatic carbocycles. The molecule has 2 atom stereocenters. The highest BCUT2D eigenvalue weighted by molar-refractivity contribution is 5.43. The maximum Gasteiger partial charge on any atom is 0.184 e. The van der Waals surface area contributed by atoms with Gasteiger partial charge in [0.15, 0.2) is 17.6 Å². The number of rotatable bonds is 5. The lowest BCUT2D eigenvalue weighted by Gasteiger charge is -2.15. The third kappa shape index (κ3) is 3.36. The fourth-order valence-electron chi connectivity index (χ4n) is 1.40. The fraction of sp³-hybridized carbons (Fsp3) is 0.462. The number of benzene rings is 1. The molecular formula is C13H17NO3. The number of ether oxygens (including phenoxy) is 2. The number of hydrogen-bond donors (Lipinski definition) is 1. The quantitative estimate of drug-likeness (QED) is 0.851. The van der Waals surface area contributed by atoms with E-state index in [4.69, 9.17) is 14.7 Å². The van der Waals surface area contributed by atoms with Crippen molar-refractivity contribution in [2.75, 3.05) is 7.11 Å². The van der Waals surface area contributed by atoms with Crippen LogP contribution in [0.25, 0.3) is 0 Å². The van der Waals surface area contributed by atoms with Crippen molar-refractivity contribution in [1.82, 2.24) is 0 Å². The van der Waals surface area contributed by atoms with Gasteiger partial charge in [-0.25, -0.2) is 0 Å². The first-order valence-corrected chi connectivity index (χ1v) is 5.54. The van der Waals surface area contributed by atoms with Crippen LogP contribution in [-0.4, -0.2) is 18.3 Å². The van der Waals surface area contributed by atoms with Gasteiger partial charge in [-0.2, -0.15) is 5.26 Å². The maximum absolute atomic E-state index is 9.46. The largest absolute Gasteiger partial charge is 0.493 e. The zero-order valence-electron chi connectivity index (χ0n) is 10.3. The lowest BCUT2D eigenvalue weighted by Crippen LogP contribution is -2.13. The van der Waals surface area contributed by atoms with Gasteiger partial charge >= 0.3 is 0 Å². The van der Waals surface area contributed by atoms with Crippen molar-refractivity contribution >= 4 is 0 Å². The van der Waals surface area contributed by atoms with E-state index >= 15 is 0 Å². The summed E-state index contributed by atoms with van der Waals surface area (Å²) in [7, 11) is 1.53. The van der Waals surface area contributed by atoms with E-state index in [0.717, 1.165) is 5.56 Å². The molecule has 0 fully saturated rings. The minimum absolute atomic E-state index is 0.485. The highest BCUT2D eigenvalue weighted by Crippen LogP contribution is 2.31. The van der Waals surface area contributed by atoms with Crippen LogP contribution >= 0.6 is 0 Å². The van der Waals surface area contributed by atoms with Crippen molar-refractivity contribution in [2.45, 2.75) is 32.5 Å². The predicted molar refractivity (Wildman–Crippen MR) is 63.9 cm³/mol. The Hall–Kier alpha value is -1.73. The lowest BCUT2D eigenvalue weighted by molar-refractivity contribution is 0.198. The van der Waals surface area contributed by atoms with Crippen LogP contribution in [0.1, 0.15) is 31.9 Å². The summed E-state index contributed by atoms with van der Waals surface area (Å²) in [5.41, 5.74) is 0.749. The number of nitriles is 1. The molecule has 4 nitrogen and oxygen atoms in total. The molecule has 0 heterocycles. The SMILES string of the molecule is CCC(C#N)Oc1ccc([C@H](C)O)cc1OC. The number of hydrogen-bond acceptors (Lipinski definition) is 4. The topological polar surface area (TPSA) is 62.5 Å². The minimum Gasteiger partial charge on any atom is -0.493 e. The lowest BCUT2D eigenvalue weighted by atomic mass is 10.1. The van der Waals surface area contributed by atoms with Crippen LogP contribution in [0.3, 0.4) is 0 Å². The molecular weight excluding hydrogens is 218 g/mol. The minimum atomic E-state index is -0.559. The molecule has 0 radical (unpaired) electrons. The number of methoxy groups -OCH3 is 1. The molecule has 0 saturated carbocycles. The molecule has 1 N–H and O–H groups in total. The van der Waals surface area contributed by atoms with Crippen LogP contribution in [-0.2, 0) is 0 Å². The standard InChI is InChI=1S/C13H17NO3/c1-4-11(8-14)17-12-6-5-10(9(2)15)7-13(12)16-3/h5-7,9,11,15H,4H2,1-3H3/t9-,11?/m0/s1. The molecule has 92 valence electrons. The number of nitrogens with zero attached hydrogens (tertiary/aromatic N) is 1. The van der Waals surface area contributed by atoms with Crippen molar-refractivity contribution < 1.29 is 14.6 Å². The summed E-state index contributed by atoms with van der Waals surface area (Å²) in [5.74, 6) is 1.04. The Kier molecular flexibility index (Phi) is 4.80. The summed E-state index contributed by atoms with van der Waals surface area (Å²) < 4.78 is 10.7. The van der Waals surface area contributed by atoms with Gasteiger partial charge in [0.2, 0.25) is 0 Å². The van der Waals surface area contributed by atoms with Gasteiger partial charge in [0.1, 0.15) is 6.07 Å². The van der Waals surface area contributed by atoms with Gasteiger partial charge < -0.3 is 14.6 Å². The summed E-state index contributed by atoms with van der Waals surface area (Å²) >= 11 is 0. The molecule has 17 heavy (non-hydrogen) atoms. The molecule has 1 aromatic rings. The fourth-order valence-corrected chi connectivity index (χ4v) is 1.40. The van der Waals surface area contributed by atoms with Crippen molar-refractivity contribution in [2.24, 2.45) is 0 Å². The highest BCUT2D eigenvalue weighted by atomic mass is 16.5. The zero-order valence-corrected chi connectivity index (χ0v) is 10.3. The highest BCUT2D eigenvalue weighted by Gasteiger charge is 2.12. The third-order valence-corrected chi connectivity index (χ3v) is 2.45. The van der Waals surface area contributed by atoms with Crippen LogP contribution in [0.2, 0.25) is 0 Å². The van der Waals surface area contributed by atoms with E-state index in [1.807, 2.05) is 6.92 Å². The normalized spacial score (nSPS) is 13.6. The average molecular weight is 235 g/mol. The van der Waals surface area contributed by atoms with Crippen LogP contribution in [0.5, 0.6) is 11.5 Å².